The topological polar surface area (TPSA) is 57.8 Å². The maximum absolute atomic E-state index is 11.1. The van der Waals surface area contributed by atoms with Crippen molar-refractivity contribution in [1.82, 2.24) is 10.2 Å². The minimum atomic E-state index is -0.240. The highest BCUT2D eigenvalue weighted by Crippen LogP contribution is 2.14. The Hall–Kier alpha value is -0.930. The molecule has 1 rings (SSSR count). The van der Waals surface area contributed by atoms with E-state index in [1.165, 1.54) is 0 Å². The van der Waals surface area contributed by atoms with Gasteiger partial charge in [0.15, 0.2) is 0 Å². The number of hydrogen-bond acceptors (Lipinski definition) is 4. The van der Waals surface area contributed by atoms with Crippen LogP contribution in [0.1, 0.15) is 0 Å². The summed E-state index contributed by atoms with van der Waals surface area (Å²) in [5.41, 5.74) is 0.455. The van der Waals surface area contributed by atoms with Crippen LogP contribution in [-0.2, 0) is 0 Å². The van der Waals surface area contributed by atoms with Crippen LogP contribution in [0.2, 0.25) is 0 Å². The lowest BCUT2D eigenvalue weighted by Crippen LogP contribution is -2.13. The molecule has 80 valence electrons. The molecule has 1 aromatic rings. The normalized spacial score (nSPS) is 9.60. The van der Waals surface area contributed by atoms with Gasteiger partial charge in [0.1, 0.15) is 4.47 Å². The first-order valence-electron chi connectivity index (χ1n) is 4.24. The zero-order chi connectivity index (χ0) is 11.1. The summed E-state index contributed by atoms with van der Waals surface area (Å²) in [5.74, 6) is 4.14. The largest absolute Gasteiger partial charge is 0.382 e. The lowest BCUT2D eigenvalue weighted by molar-refractivity contribution is 0.975. The molecule has 0 atom stereocenters. The summed E-state index contributed by atoms with van der Waals surface area (Å²) in [6.45, 7) is 0.746. The fourth-order valence-corrected chi connectivity index (χ4v) is 1.74. The van der Waals surface area contributed by atoms with Crippen molar-refractivity contribution >= 4 is 33.4 Å². The van der Waals surface area contributed by atoms with Crippen molar-refractivity contribution in [3.05, 3.63) is 21.0 Å². The molecule has 0 bridgehead atoms. The van der Waals surface area contributed by atoms with E-state index < -0.39 is 0 Å². The first-order chi connectivity index (χ1) is 7.25. The molecule has 6 heteroatoms. The first kappa shape index (κ1) is 12.1. The highest BCUT2D eigenvalue weighted by Gasteiger charge is 2.02. The molecule has 4 nitrogen and oxygen atoms in total. The summed E-state index contributed by atoms with van der Waals surface area (Å²) in [6, 6.07) is 0. The van der Waals surface area contributed by atoms with Crippen molar-refractivity contribution in [2.24, 2.45) is 0 Å². The van der Waals surface area contributed by atoms with E-state index in [0.717, 1.165) is 12.3 Å². The Morgan fingerprint density at radius 2 is 2.53 bits per heavy atom. The van der Waals surface area contributed by atoms with Gasteiger partial charge in [0.05, 0.1) is 17.6 Å². The van der Waals surface area contributed by atoms with Gasteiger partial charge in [0.2, 0.25) is 0 Å². The van der Waals surface area contributed by atoms with Gasteiger partial charge in [-0.25, -0.2) is 5.10 Å². The molecule has 0 unspecified atom stereocenters. The van der Waals surface area contributed by atoms with Crippen LogP contribution in [0.25, 0.3) is 0 Å². The van der Waals surface area contributed by atoms with Gasteiger partial charge in [-0.05, 0) is 15.9 Å². The molecule has 1 heterocycles. The van der Waals surface area contributed by atoms with Gasteiger partial charge in [0.25, 0.3) is 5.56 Å². The van der Waals surface area contributed by atoms with Gasteiger partial charge in [-0.15, -0.1) is 18.2 Å². The van der Waals surface area contributed by atoms with Gasteiger partial charge in [0, 0.05) is 12.3 Å². The molecule has 0 saturated heterocycles. The molecule has 0 fully saturated rings. The summed E-state index contributed by atoms with van der Waals surface area (Å²) in [7, 11) is 0. The zero-order valence-corrected chi connectivity index (χ0v) is 10.3. The minimum absolute atomic E-state index is 0.240. The molecule has 0 saturated carbocycles. The third-order valence-corrected chi connectivity index (χ3v) is 3.19. The average molecular weight is 288 g/mol. The fourth-order valence-electron chi connectivity index (χ4n) is 0.896. The monoisotopic (exact) mass is 287 g/mol. The predicted octanol–water partition coefficient (Wildman–Crippen LogP) is 1.31. The van der Waals surface area contributed by atoms with Gasteiger partial charge >= 0.3 is 0 Å². The van der Waals surface area contributed by atoms with Crippen LogP contribution in [0, 0.1) is 12.3 Å². The van der Waals surface area contributed by atoms with E-state index in [1.807, 2.05) is 0 Å². The molecule has 0 amide bonds. The van der Waals surface area contributed by atoms with Gasteiger partial charge < -0.3 is 5.32 Å². The fraction of sp³-hybridized carbons (Fsp3) is 0.333. The Morgan fingerprint density at radius 1 is 1.73 bits per heavy atom. The smallest absolute Gasteiger partial charge is 0.280 e. The molecule has 0 aliphatic carbocycles. The first-order valence-corrected chi connectivity index (χ1v) is 6.18. The Labute approximate surface area is 100 Å². The summed E-state index contributed by atoms with van der Waals surface area (Å²) in [4.78, 5) is 11.1. The molecule has 2 N–H and O–H groups in total. The SMILES string of the molecule is C#CCSCCNc1cn[nH]c(=O)c1Br. The number of nitrogens with zero attached hydrogens (tertiary/aromatic N) is 1. The number of thioether (sulfide) groups is 1. The van der Waals surface area contributed by atoms with Crippen LogP contribution in [0.3, 0.4) is 0 Å². The molecule has 0 aromatic carbocycles. The third-order valence-electron chi connectivity index (χ3n) is 1.54. The van der Waals surface area contributed by atoms with Crippen molar-refractivity contribution in [1.29, 1.82) is 0 Å². The van der Waals surface area contributed by atoms with Crippen molar-refractivity contribution in [2.75, 3.05) is 23.4 Å². The molecule has 1 aromatic heterocycles. The Bertz CT molecular complexity index is 413. The van der Waals surface area contributed by atoms with Crippen LogP contribution in [0.4, 0.5) is 5.69 Å². The maximum Gasteiger partial charge on any atom is 0.280 e. The van der Waals surface area contributed by atoms with Crippen LogP contribution in [0.15, 0.2) is 15.5 Å². The highest BCUT2D eigenvalue weighted by atomic mass is 79.9. The molecule has 0 aliphatic rings. The summed E-state index contributed by atoms with van der Waals surface area (Å²) >= 11 is 4.84. The zero-order valence-electron chi connectivity index (χ0n) is 7.92. The van der Waals surface area contributed by atoms with E-state index in [0.29, 0.717) is 15.9 Å². The second kappa shape index (κ2) is 6.53. The van der Waals surface area contributed by atoms with Crippen LogP contribution >= 0.6 is 27.7 Å². The lowest BCUT2D eigenvalue weighted by atomic mass is 10.4. The van der Waals surface area contributed by atoms with E-state index in [2.05, 4.69) is 37.4 Å². The summed E-state index contributed by atoms with van der Waals surface area (Å²) in [6.07, 6.45) is 6.68. The number of terminal acetylenes is 1. The molecule has 0 radical (unpaired) electrons. The second-order valence-electron chi connectivity index (χ2n) is 2.61. The summed E-state index contributed by atoms with van der Waals surface area (Å²) < 4.78 is 0.472. The minimum Gasteiger partial charge on any atom is -0.382 e. The van der Waals surface area contributed by atoms with E-state index in [1.54, 1.807) is 18.0 Å². The Balaban J connectivity index is 2.42. The number of rotatable bonds is 5. The van der Waals surface area contributed by atoms with Crippen molar-refractivity contribution in [2.45, 2.75) is 0 Å². The van der Waals surface area contributed by atoms with Crippen molar-refractivity contribution in [3.8, 4) is 12.3 Å². The number of H-pyrrole nitrogens is 1. The van der Waals surface area contributed by atoms with Gasteiger partial charge in [-0.3, -0.25) is 4.79 Å². The summed E-state index contributed by atoms with van der Waals surface area (Å²) in [5, 5.41) is 9.11. The quantitative estimate of drug-likeness (QED) is 0.633. The maximum atomic E-state index is 11.1. The number of aromatic nitrogens is 2. The van der Waals surface area contributed by atoms with Crippen LogP contribution in [-0.4, -0.2) is 28.2 Å². The third kappa shape index (κ3) is 3.98. The Morgan fingerprint density at radius 3 is 3.27 bits per heavy atom. The number of hydrogen-bond donors (Lipinski definition) is 2. The average Bonchev–Trinajstić information content (AvgIpc) is 2.24. The van der Waals surface area contributed by atoms with Crippen LogP contribution < -0.4 is 10.9 Å². The number of nitrogens with one attached hydrogen (secondary N) is 2. The predicted molar refractivity (Wildman–Crippen MR) is 67.2 cm³/mol. The van der Waals surface area contributed by atoms with E-state index in [-0.39, 0.29) is 5.56 Å². The lowest BCUT2D eigenvalue weighted by Gasteiger charge is -2.05. The van der Waals surface area contributed by atoms with Gasteiger partial charge in [-0.1, -0.05) is 5.92 Å². The number of aromatic amines is 1. The molecular formula is C9H10BrN3OS. The van der Waals surface area contributed by atoms with E-state index >= 15 is 0 Å². The van der Waals surface area contributed by atoms with Crippen LogP contribution in [0.5, 0.6) is 0 Å². The second-order valence-corrected chi connectivity index (χ2v) is 4.51. The standard InChI is InChI=1S/C9H10BrN3OS/c1-2-4-15-5-3-11-7-6-12-13-9(14)8(7)10/h1,6H,3-5H2,(H2,11,13,14). The number of halogens is 1. The number of anilines is 1. The molecule has 0 spiro atoms. The Kier molecular flexibility index (Phi) is 5.29. The molecular weight excluding hydrogens is 278 g/mol. The van der Waals surface area contributed by atoms with E-state index in [4.69, 9.17) is 6.42 Å². The molecule has 0 aliphatic heterocycles. The van der Waals surface area contributed by atoms with Crippen molar-refractivity contribution in [3.63, 3.8) is 0 Å². The highest BCUT2D eigenvalue weighted by molar-refractivity contribution is 9.10. The molecule has 15 heavy (non-hydrogen) atoms. The van der Waals surface area contributed by atoms with E-state index in [9.17, 15) is 4.79 Å². The van der Waals surface area contributed by atoms with Gasteiger partial charge in [-0.2, -0.15) is 5.10 Å². The van der Waals surface area contributed by atoms with Crippen molar-refractivity contribution < 1.29 is 0 Å².